The second-order valence-electron chi connectivity index (χ2n) is 2.74. The van der Waals surface area contributed by atoms with Gasteiger partial charge in [-0.1, -0.05) is 20.3 Å². The molecule has 0 heterocycles. The van der Waals surface area contributed by atoms with Crippen LogP contribution >= 0.6 is 11.8 Å². The van der Waals surface area contributed by atoms with E-state index in [1.165, 1.54) is 11.8 Å². The molecule has 2 N–H and O–H groups in total. The zero-order valence-electron chi connectivity index (χ0n) is 7.49. The number of carbonyl (C=O) groups is 1. The van der Waals surface area contributed by atoms with Gasteiger partial charge in [-0.15, -0.1) is 11.8 Å². The van der Waals surface area contributed by atoms with Crippen molar-refractivity contribution in [3.05, 3.63) is 0 Å². The number of hydrogen-bond donors (Lipinski definition) is 2. The summed E-state index contributed by atoms with van der Waals surface area (Å²) in [5.74, 6) is -0.776. The molecular weight excluding hydrogens is 176 g/mol. The van der Waals surface area contributed by atoms with E-state index in [-0.39, 0.29) is 17.1 Å². The Kier molecular flexibility index (Phi) is 6.20. The van der Waals surface area contributed by atoms with Crippen molar-refractivity contribution in [2.24, 2.45) is 0 Å². The normalized spacial score (nSPS) is 15.6. The number of aliphatic carboxylic acids is 1. The average Bonchev–Trinajstić information content (AvgIpc) is 2.03. The molecule has 0 aromatic carbocycles. The molecular formula is C8H16O3S. The molecule has 0 aromatic heterocycles. The highest BCUT2D eigenvalue weighted by molar-refractivity contribution is 8.01. The van der Waals surface area contributed by atoms with Crippen LogP contribution in [0.1, 0.15) is 26.7 Å². The van der Waals surface area contributed by atoms with Gasteiger partial charge in [-0.05, 0) is 6.42 Å². The lowest BCUT2D eigenvalue weighted by atomic mass is 10.2. The number of thioether (sulfide) groups is 1. The summed E-state index contributed by atoms with van der Waals surface area (Å²) in [7, 11) is 0. The van der Waals surface area contributed by atoms with Gasteiger partial charge in [-0.3, -0.25) is 4.79 Å². The first-order valence-corrected chi connectivity index (χ1v) is 5.05. The van der Waals surface area contributed by atoms with Gasteiger partial charge in [0.2, 0.25) is 0 Å². The standard InChI is InChI=1S/C8H16O3S/c1-3-4-7(8(10)11)12-6(2)5-9/h6-7,9H,3-5H2,1-2H3,(H,10,11). The smallest absolute Gasteiger partial charge is 0.316 e. The monoisotopic (exact) mass is 192 g/mol. The van der Waals surface area contributed by atoms with E-state index < -0.39 is 5.97 Å². The molecule has 12 heavy (non-hydrogen) atoms. The molecule has 0 saturated carbocycles. The number of carboxylic acid groups (broad SMARTS) is 1. The van der Waals surface area contributed by atoms with Crippen molar-refractivity contribution in [1.82, 2.24) is 0 Å². The Labute approximate surface area is 77.2 Å². The number of hydrogen-bond acceptors (Lipinski definition) is 3. The van der Waals surface area contributed by atoms with Crippen LogP contribution in [0.5, 0.6) is 0 Å². The molecule has 0 aliphatic rings. The average molecular weight is 192 g/mol. The van der Waals surface area contributed by atoms with Crippen molar-refractivity contribution >= 4 is 17.7 Å². The lowest BCUT2D eigenvalue weighted by Crippen LogP contribution is -2.20. The Hall–Kier alpha value is -0.220. The molecule has 0 amide bonds. The second kappa shape index (κ2) is 6.31. The van der Waals surface area contributed by atoms with Crippen molar-refractivity contribution in [3.8, 4) is 0 Å². The van der Waals surface area contributed by atoms with E-state index in [1.54, 1.807) is 0 Å². The SMILES string of the molecule is CCCC(SC(C)CO)C(=O)O. The van der Waals surface area contributed by atoms with Crippen LogP contribution in [0.4, 0.5) is 0 Å². The third kappa shape index (κ3) is 4.62. The minimum absolute atomic E-state index is 0.0117. The fraction of sp³-hybridized carbons (Fsp3) is 0.875. The van der Waals surface area contributed by atoms with Crippen molar-refractivity contribution in [2.45, 2.75) is 37.2 Å². The van der Waals surface area contributed by atoms with Crippen LogP contribution in [0.2, 0.25) is 0 Å². The highest BCUT2D eigenvalue weighted by Crippen LogP contribution is 2.21. The summed E-state index contributed by atoms with van der Waals surface area (Å²) in [6.07, 6.45) is 1.53. The molecule has 2 atom stereocenters. The van der Waals surface area contributed by atoms with Gasteiger partial charge in [-0.2, -0.15) is 0 Å². The fourth-order valence-corrected chi connectivity index (χ4v) is 1.97. The van der Waals surface area contributed by atoms with Crippen LogP contribution in [-0.4, -0.2) is 33.3 Å². The van der Waals surface area contributed by atoms with Gasteiger partial charge in [0.05, 0.1) is 6.61 Å². The number of aliphatic hydroxyl groups is 1. The van der Waals surface area contributed by atoms with Gasteiger partial charge in [0.1, 0.15) is 5.25 Å². The van der Waals surface area contributed by atoms with E-state index >= 15 is 0 Å². The molecule has 0 fully saturated rings. The summed E-state index contributed by atoms with van der Waals surface area (Å²) >= 11 is 1.33. The maximum Gasteiger partial charge on any atom is 0.316 e. The van der Waals surface area contributed by atoms with Gasteiger partial charge < -0.3 is 10.2 Å². The second-order valence-corrected chi connectivity index (χ2v) is 4.39. The first-order chi connectivity index (χ1) is 5.61. The van der Waals surface area contributed by atoms with Gasteiger partial charge >= 0.3 is 5.97 Å². The molecule has 0 saturated heterocycles. The van der Waals surface area contributed by atoms with Crippen molar-refractivity contribution < 1.29 is 15.0 Å². The number of rotatable bonds is 6. The molecule has 0 aromatic rings. The van der Waals surface area contributed by atoms with E-state index in [2.05, 4.69) is 0 Å². The van der Waals surface area contributed by atoms with Gasteiger partial charge in [-0.25, -0.2) is 0 Å². The molecule has 72 valence electrons. The zero-order valence-corrected chi connectivity index (χ0v) is 8.30. The van der Waals surface area contributed by atoms with Crippen LogP contribution in [0.15, 0.2) is 0 Å². The maximum absolute atomic E-state index is 10.6. The van der Waals surface area contributed by atoms with E-state index in [1.807, 2.05) is 13.8 Å². The Morgan fingerprint density at radius 3 is 2.50 bits per heavy atom. The molecule has 3 nitrogen and oxygen atoms in total. The third-order valence-corrected chi connectivity index (χ3v) is 2.86. The van der Waals surface area contributed by atoms with Crippen LogP contribution in [0, 0.1) is 0 Å². The predicted octanol–water partition coefficient (Wildman–Crippen LogP) is 1.35. The van der Waals surface area contributed by atoms with Crippen LogP contribution in [-0.2, 0) is 4.79 Å². The largest absolute Gasteiger partial charge is 0.480 e. The molecule has 0 aliphatic heterocycles. The highest BCUT2D eigenvalue weighted by atomic mass is 32.2. The van der Waals surface area contributed by atoms with Crippen LogP contribution in [0.3, 0.4) is 0 Å². The molecule has 0 spiro atoms. The minimum Gasteiger partial charge on any atom is -0.480 e. The summed E-state index contributed by atoms with van der Waals surface area (Å²) in [6.45, 7) is 3.83. The summed E-state index contributed by atoms with van der Waals surface area (Å²) in [5, 5.41) is 17.1. The number of carboxylic acids is 1. The van der Waals surface area contributed by atoms with E-state index in [9.17, 15) is 4.79 Å². The first-order valence-electron chi connectivity index (χ1n) is 4.10. The topological polar surface area (TPSA) is 57.5 Å². The number of aliphatic hydroxyl groups excluding tert-OH is 1. The van der Waals surface area contributed by atoms with Crippen LogP contribution < -0.4 is 0 Å². The van der Waals surface area contributed by atoms with E-state index in [0.717, 1.165) is 6.42 Å². The highest BCUT2D eigenvalue weighted by Gasteiger charge is 2.19. The summed E-state index contributed by atoms with van der Waals surface area (Å²) in [6, 6.07) is 0. The van der Waals surface area contributed by atoms with Crippen molar-refractivity contribution in [2.75, 3.05) is 6.61 Å². The third-order valence-electron chi connectivity index (χ3n) is 1.48. The van der Waals surface area contributed by atoms with Gasteiger partial charge in [0, 0.05) is 5.25 Å². The molecule has 2 unspecified atom stereocenters. The summed E-state index contributed by atoms with van der Waals surface area (Å²) in [4.78, 5) is 10.6. The zero-order chi connectivity index (χ0) is 9.56. The predicted molar refractivity (Wildman–Crippen MR) is 50.5 cm³/mol. The Morgan fingerprint density at radius 2 is 2.17 bits per heavy atom. The van der Waals surface area contributed by atoms with Gasteiger partial charge in [0.15, 0.2) is 0 Å². The molecule has 4 heteroatoms. The molecule has 0 aliphatic carbocycles. The fourth-order valence-electron chi connectivity index (χ4n) is 0.835. The molecule has 0 bridgehead atoms. The van der Waals surface area contributed by atoms with Crippen molar-refractivity contribution in [3.63, 3.8) is 0 Å². The lowest BCUT2D eigenvalue weighted by Gasteiger charge is -2.14. The summed E-state index contributed by atoms with van der Waals surface area (Å²) in [5.41, 5.74) is 0. The quantitative estimate of drug-likeness (QED) is 0.667. The van der Waals surface area contributed by atoms with Crippen LogP contribution in [0.25, 0.3) is 0 Å². The Balaban J connectivity index is 3.86. The lowest BCUT2D eigenvalue weighted by molar-refractivity contribution is -0.136. The first kappa shape index (κ1) is 11.8. The Bertz CT molecular complexity index is 138. The van der Waals surface area contributed by atoms with Gasteiger partial charge in [0.25, 0.3) is 0 Å². The maximum atomic E-state index is 10.6. The minimum atomic E-state index is -0.776. The van der Waals surface area contributed by atoms with E-state index in [4.69, 9.17) is 10.2 Å². The summed E-state index contributed by atoms with van der Waals surface area (Å²) < 4.78 is 0. The van der Waals surface area contributed by atoms with Crippen molar-refractivity contribution in [1.29, 1.82) is 0 Å². The van der Waals surface area contributed by atoms with E-state index in [0.29, 0.717) is 6.42 Å². The molecule has 0 radical (unpaired) electrons. The Morgan fingerprint density at radius 1 is 1.58 bits per heavy atom. The molecule has 0 rings (SSSR count).